The van der Waals surface area contributed by atoms with Crippen molar-refractivity contribution in [2.75, 3.05) is 11.9 Å². The first-order chi connectivity index (χ1) is 10.4. The van der Waals surface area contributed by atoms with Crippen molar-refractivity contribution in [1.29, 1.82) is 0 Å². The zero-order valence-electron chi connectivity index (χ0n) is 12.3. The van der Waals surface area contributed by atoms with Crippen LogP contribution < -0.4 is 5.32 Å². The van der Waals surface area contributed by atoms with Crippen LogP contribution in [0.15, 0.2) is 22.7 Å². The van der Waals surface area contributed by atoms with Gasteiger partial charge < -0.3 is 9.84 Å². The summed E-state index contributed by atoms with van der Waals surface area (Å²) in [4.78, 5) is 4.71. The van der Waals surface area contributed by atoms with Crippen molar-refractivity contribution in [3.05, 3.63) is 29.6 Å². The molecule has 1 saturated carbocycles. The normalized spacial score (nSPS) is 19.0. The van der Waals surface area contributed by atoms with Gasteiger partial charge in [-0.15, -0.1) is 0 Å². The molecule has 110 valence electrons. The van der Waals surface area contributed by atoms with Crippen LogP contribution in [-0.4, -0.2) is 16.7 Å². The van der Waals surface area contributed by atoms with Crippen molar-refractivity contribution in [1.82, 2.24) is 10.1 Å². The van der Waals surface area contributed by atoms with E-state index in [1.54, 1.807) is 0 Å². The minimum Gasteiger partial charge on any atom is -0.385 e. The van der Waals surface area contributed by atoms with Gasteiger partial charge in [-0.1, -0.05) is 30.5 Å². The molecule has 1 aromatic heterocycles. The number of fused-ring (bicyclic) bond motifs is 1. The Kier molecular flexibility index (Phi) is 3.37. The predicted octanol–water partition coefficient (Wildman–Crippen LogP) is 4.14. The van der Waals surface area contributed by atoms with Gasteiger partial charge in [-0.3, -0.25) is 0 Å². The van der Waals surface area contributed by atoms with Crippen LogP contribution in [0.25, 0.3) is 11.5 Å². The Balaban J connectivity index is 1.66. The second-order valence-electron chi connectivity index (χ2n) is 6.15. The van der Waals surface area contributed by atoms with Gasteiger partial charge in [-0.05, 0) is 43.4 Å². The molecule has 4 rings (SSSR count). The second kappa shape index (κ2) is 5.51. The van der Waals surface area contributed by atoms with Gasteiger partial charge in [0, 0.05) is 23.7 Å². The quantitative estimate of drug-likeness (QED) is 0.899. The van der Waals surface area contributed by atoms with Crippen molar-refractivity contribution < 1.29 is 4.52 Å². The van der Waals surface area contributed by atoms with Gasteiger partial charge in [0.05, 0.1) is 0 Å². The van der Waals surface area contributed by atoms with E-state index in [2.05, 4.69) is 28.7 Å². The van der Waals surface area contributed by atoms with Crippen LogP contribution in [0.2, 0.25) is 0 Å². The van der Waals surface area contributed by atoms with Gasteiger partial charge in [0.1, 0.15) is 0 Å². The Morgan fingerprint density at radius 2 is 2.00 bits per heavy atom. The number of anilines is 1. The van der Waals surface area contributed by atoms with Crippen LogP contribution in [0.4, 0.5) is 5.69 Å². The monoisotopic (exact) mass is 283 g/mol. The lowest BCUT2D eigenvalue weighted by atomic mass is 9.89. The molecule has 1 aromatic carbocycles. The SMILES string of the molecule is c1cc2c(c(-c3nc(C4CCCCC4)no3)c1)CCCN2. The molecule has 0 radical (unpaired) electrons. The van der Waals surface area contributed by atoms with Crippen molar-refractivity contribution in [2.24, 2.45) is 0 Å². The number of nitrogens with one attached hydrogen (secondary N) is 1. The number of rotatable bonds is 2. The van der Waals surface area contributed by atoms with Gasteiger partial charge in [0.2, 0.25) is 0 Å². The first kappa shape index (κ1) is 12.9. The fourth-order valence-corrected chi connectivity index (χ4v) is 3.58. The Hall–Kier alpha value is -1.84. The smallest absolute Gasteiger partial charge is 0.258 e. The summed E-state index contributed by atoms with van der Waals surface area (Å²) in [7, 11) is 0. The lowest BCUT2D eigenvalue weighted by Gasteiger charge is -2.19. The van der Waals surface area contributed by atoms with Crippen LogP contribution in [0.5, 0.6) is 0 Å². The Morgan fingerprint density at radius 1 is 1.10 bits per heavy atom. The van der Waals surface area contributed by atoms with E-state index in [4.69, 9.17) is 9.51 Å². The summed E-state index contributed by atoms with van der Waals surface area (Å²) in [5.41, 5.74) is 3.65. The van der Waals surface area contributed by atoms with Crippen molar-refractivity contribution in [3.63, 3.8) is 0 Å². The number of nitrogens with zero attached hydrogens (tertiary/aromatic N) is 2. The Morgan fingerprint density at radius 3 is 2.90 bits per heavy atom. The largest absolute Gasteiger partial charge is 0.385 e. The highest BCUT2D eigenvalue weighted by atomic mass is 16.5. The molecule has 2 heterocycles. The van der Waals surface area contributed by atoms with E-state index >= 15 is 0 Å². The highest BCUT2D eigenvalue weighted by molar-refractivity contribution is 5.69. The van der Waals surface area contributed by atoms with E-state index in [-0.39, 0.29) is 0 Å². The van der Waals surface area contributed by atoms with E-state index in [0.29, 0.717) is 11.8 Å². The van der Waals surface area contributed by atoms with E-state index in [1.807, 2.05) is 0 Å². The fraction of sp³-hybridized carbons (Fsp3) is 0.529. The van der Waals surface area contributed by atoms with Crippen LogP contribution in [0.3, 0.4) is 0 Å². The highest BCUT2D eigenvalue weighted by Gasteiger charge is 2.23. The molecule has 0 amide bonds. The molecular weight excluding hydrogens is 262 g/mol. The maximum atomic E-state index is 5.58. The van der Waals surface area contributed by atoms with Crippen molar-refractivity contribution in [3.8, 4) is 11.5 Å². The van der Waals surface area contributed by atoms with Crippen LogP contribution in [0.1, 0.15) is 55.8 Å². The third-order valence-corrected chi connectivity index (χ3v) is 4.74. The molecule has 21 heavy (non-hydrogen) atoms. The average molecular weight is 283 g/mol. The summed E-state index contributed by atoms with van der Waals surface area (Å²) in [6.45, 7) is 1.05. The van der Waals surface area contributed by atoms with Crippen LogP contribution in [0, 0.1) is 0 Å². The van der Waals surface area contributed by atoms with E-state index in [9.17, 15) is 0 Å². The predicted molar refractivity (Wildman–Crippen MR) is 82.4 cm³/mol. The minimum atomic E-state index is 0.494. The zero-order chi connectivity index (χ0) is 14.1. The third-order valence-electron chi connectivity index (χ3n) is 4.74. The fourth-order valence-electron chi connectivity index (χ4n) is 3.58. The molecule has 0 spiro atoms. The standard InChI is InChI=1S/C17H21N3O/c1-2-6-12(7-3-1)16-19-17(21-20-16)14-8-4-10-15-13(14)9-5-11-18-15/h4,8,10,12,18H,1-3,5-7,9,11H2. The minimum absolute atomic E-state index is 0.494. The summed E-state index contributed by atoms with van der Waals surface area (Å²) in [6.07, 6.45) is 8.57. The summed E-state index contributed by atoms with van der Waals surface area (Å²) in [5, 5.41) is 7.71. The first-order valence-corrected chi connectivity index (χ1v) is 8.11. The molecule has 2 aliphatic rings. The number of hydrogen-bond acceptors (Lipinski definition) is 4. The maximum absolute atomic E-state index is 5.58. The highest BCUT2D eigenvalue weighted by Crippen LogP contribution is 2.35. The number of aromatic nitrogens is 2. The summed E-state index contributed by atoms with van der Waals surface area (Å²) < 4.78 is 5.58. The second-order valence-corrected chi connectivity index (χ2v) is 6.15. The Bertz CT molecular complexity index is 629. The average Bonchev–Trinajstić information content (AvgIpc) is 3.05. The van der Waals surface area contributed by atoms with Gasteiger partial charge in [-0.25, -0.2) is 0 Å². The molecule has 2 aromatic rings. The topological polar surface area (TPSA) is 51.0 Å². The Labute approximate surface area is 124 Å². The lowest BCUT2D eigenvalue weighted by molar-refractivity contribution is 0.385. The van der Waals surface area contributed by atoms with Crippen molar-refractivity contribution >= 4 is 5.69 Å². The maximum Gasteiger partial charge on any atom is 0.258 e. The van der Waals surface area contributed by atoms with E-state index in [0.717, 1.165) is 30.8 Å². The summed E-state index contributed by atoms with van der Waals surface area (Å²) in [6, 6.07) is 6.30. The molecule has 4 nitrogen and oxygen atoms in total. The summed E-state index contributed by atoms with van der Waals surface area (Å²) in [5.74, 6) is 2.09. The molecule has 0 atom stereocenters. The van der Waals surface area contributed by atoms with E-state index in [1.165, 1.54) is 43.4 Å². The summed E-state index contributed by atoms with van der Waals surface area (Å²) >= 11 is 0. The molecular formula is C17H21N3O. The van der Waals surface area contributed by atoms with Crippen molar-refractivity contribution in [2.45, 2.75) is 50.9 Å². The number of benzene rings is 1. The molecule has 4 heteroatoms. The van der Waals surface area contributed by atoms with E-state index < -0.39 is 0 Å². The molecule has 0 bridgehead atoms. The van der Waals surface area contributed by atoms with Gasteiger partial charge in [0.25, 0.3) is 5.89 Å². The van der Waals surface area contributed by atoms with Crippen LogP contribution >= 0.6 is 0 Å². The molecule has 1 aliphatic heterocycles. The number of hydrogen-bond donors (Lipinski definition) is 1. The lowest BCUT2D eigenvalue weighted by Crippen LogP contribution is -2.12. The first-order valence-electron chi connectivity index (χ1n) is 8.11. The molecule has 1 fully saturated rings. The van der Waals surface area contributed by atoms with Crippen LogP contribution in [-0.2, 0) is 6.42 Å². The molecule has 0 unspecified atom stereocenters. The molecule has 0 saturated heterocycles. The van der Waals surface area contributed by atoms with Gasteiger partial charge in [-0.2, -0.15) is 4.98 Å². The van der Waals surface area contributed by atoms with Gasteiger partial charge in [0.15, 0.2) is 5.82 Å². The van der Waals surface area contributed by atoms with Gasteiger partial charge >= 0.3 is 0 Å². The third kappa shape index (κ3) is 2.43. The molecule has 1 N–H and O–H groups in total. The molecule has 1 aliphatic carbocycles. The zero-order valence-corrected chi connectivity index (χ0v) is 12.3.